The van der Waals surface area contributed by atoms with Crippen LogP contribution in [0.5, 0.6) is 0 Å². The van der Waals surface area contributed by atoms with Gasteiger partial charge in [-0.05, 0) is 44.0 Å². The number of rotatable bonds is 4. The van der Waals surface area contributed by atoms with Crippen molar-refractivity contribution in [2.45, 2.75) is 26.2 Å². The second-order valence-corrected chi connectivity index (χ2v) is 5.32. The highest BCUT2D eigenvalue weighted by atomic mass is 19.3. The first-order valence-electron chi connectivity index (χ1n) is 7.40. The number of hydrogen-bond donors (Lipinski definition) is 1. The number of benzene rings is 1. The molecule has 1 aliphatic rings. The lowest BCUT2D eigenvalue weighted by molar-refractivity contribution is 0.146. The molecule has 0 radical (unpaired) electrons. The average Bonchev–Trinajstić information content (AvgIpc) is 3.01. The smallest absolute Gasteiger partial charge is 0.280 e. The van der Waals surface area contributed by atoms with Gasteiger partial charge in [0.25, 0.3) is 6.43 Å². The SMILES string of the molecule is CCNc1cc(C(F)F)nc2ccc(N3CCCC3)cc12. The summed E-state index contributed by atoms with van der Waals surface area (Å²) >= 11 is 0. The maximum atomic E-state index is 12.9. The van der Waals surface area contributed by atoms with Crippen molar-refractivity contribution in [2.75, 3.05) is 29.9 Å². The van der Waals surface area contributed by atoms with E-state index in [9.17, 15) is 8.78 Å². The van der Waals surface area contributed by atoms with Crippen LogP contribution < -0.4 is 10.2 Å². The van der Waals surface area contributed by atoms with Crippen LogP contribution in [0, 0.1) is 0 Å². The standard InChI is InChI=1S/C16H19F2N3/c1-2-19-14-10-15(16(17)18)20-13-6-5-11(9-12(13)14)21-7-3-4-8-21/h5-6,9-10,16H,2-4,7-8H2,1H3,(H,19,20). The minimum absolute atomic E-state index is 0.174. The Hall–Kier alpha value is -1.91. The van der Waals surface area contributed by atoms with Gasteiger partial charge in [0.05, 0.1) is 5.52 Å². The molecular weight excluding hydrogens is 272 g/mol. The molecule has 1 aromatic carbocycles. The molecule has 21 heavy (non-hydrogen) atoms. The fraction of sp³-hybridized carbons (Fsp3) is 0.438. The summed E-state index contributed by atoms with van der Waals surface area (Å²) < 4.78 is 25.9. The summed E-state index contributed by atoms with van der Waals surface area (Å²) in [6.07, 6.45) is -0.133. The van der Waals surface area contributed by atoms with E-state index < -0.39 is 6.43 Å². The Balaban J connectivity index is 2.09. The largest absolute Gasteiger partial charge is 0.385 e. The molecule has 0 bridgehead atoms. The van der Waals surface area contributed by atoms with Crippen molar-refractivity contribution in [1.29, 1.82) is 0 Å². The second kappa shape index (κ2) is 5.84. The number of nitrogens with zero attached hydrogens (tertiary/aromatic N) is 2. The summed E-state index contributed by atoms with van der Waals surface area (Å²) in [6.45, 7) is 4.77. The molecule has 5 heteroatoms. The average molecular weight is 291 g/mol. The topological polar surface area (TPSA) is 28.2 Å². The Morgan fingerprint density at radius 1 is 1.24 bits per heavy atom. The Morgan fingerprint density at radius 2 is 2.00 bits per heavy atom. The van der Waals surface area contributed by atoms with Gasteiger partial charge in [-0.25, -0.2) is 13.8 Å². The first-order valence-corrected chi connectivity index (χ1v) is 7.40. The van der Waals surface area contributed by atoms with Crippen LogP contribution in [0.25, 0.3) is 10.9 Å². The zero-order chi connectivity index (χ0) is 14.8. The van der Waals surface area contributed by atoms with Gasteiger partial charge in [-0.15, -0.1) is 0 Å². The molecule has 2 heterocycles. The van der Waals surface area contributed by atoms with Crippen LogP contribution in [0.1, 0.15) is 31.9 Å². The number of nitrogens with one attached hydrogen (secondary N) is 1. The maximum absolute atomic E-state index is 12.9. The number of fused-ring (bicyclic) bond motifs is 1. The summed E-state index contributed by atoms with van der Waals surface area (Å²) in [6, 6.07) is 7.34. The summed E-state index contributed by atoms with van der Waals surface area (Å²) in [5.41, 5.74) is 2.32. The fourth-order valence-electron chi connectivity index (χ4n) is 2.85. The highest BCUT2D eigenvalue weighted by Crippen LogP contribution is 2.31. The van der Waals surface area contributed by atoms with Crippen molar-refractivity contribution in [3.05, 3.63) is 30.0 Å². The van der Waals surface area contributed by atoms with E-state index in [1.165, 1.54) is 18.9 Å². The molecule has 3 nitrogen and oxygen atoms in total. The number of halogens is 2. The third kappa shape index (κ3) is 2.77. The molecule has 0 aliphatic carbocycles. The molecule has 1 aliphatic heterocycles. The molecule has 2 aromatic rings. The van der Waals surface area contributed by atoms with Gasteiger partial charge in [0.15, 0.2) is 0 Å². The zero-order valence-corrected chi connectivity index (χ0v) is 12.1. The van der Waals surface area contributed by atoms with E-state index in [4.69, 9.17) is 0 Å². The van der Waals surface area contributed by atoms with E-state index in [0.29, 0.717) is 12.1 Å². The third-order valence-corrected chi connectivity index (χ3v) is 3.87. The quantitative estimate of drug-likeness (QED) is 0.915. The van der Waals surface area contributed by atoms with Gasteiger partial charge in [-0.2, -0.15) is 0 Å². The molecule has 0 unspecified atom stereocenters. The van der Waals surface area contributed by atoms with Gasteiger partial charge in [0.1, 0.15) is 5.69 Å². The molecule has 112 valence electrons. The van der Waals surface area contributed by atoms with Crippen molar-refractivity contribution in [1.82, 2.24) is 4.98 Å². The predicted octanol–water partition coefficient (Wildman–Crippen LogP) is 4.20. The van der Waals surface area contributed by atoms with Gasteiger partial charge >= 0.3 is 0 Å². The molecule has 0 spiro atoms. The Labute approximate surface area is 123 Å². The highest BCUT2D eigenvalue weighted by molar-refractivity contribution is 5.94. The molecular formula is C16H19F2N3. The first kappa shape index (κ1) is 14.0. The lowest BCUT2D eigenvalue weighted by atomic mass is 10.1. The van der Waals surface area contributed by atoms with Crippen LogP contribution in [-0.4, -0.2) is 24.6 Å². The normalized spacial score (nSPS) is 15.1. The lowest BCUT2D eigenvalue weighted by Crippen LogP contribution is -2.17. The summed E-state index contributed by atoms with van der Waals surface area (Å²) in [4.78, 5) is 6.41. The maximum Gasteiger partial charge on any atom is 0.280 e. The minimum atomic E-state index is -2.55. The van der Waals surface area contributed by atoms with Crippen LogP contribution >= 0.6 is 0 Å². The fourth-order valence-corrected chi connectivity index (χ4v) is 2.85. The molecule has 1 aromatic heterocycles. The number of pyridine rings is 1. The predicted molar refractivity (Wildman–Crippen MR) is 82.3 cm³/mol. The number of anilines is 2. The monoisotopic (exact) mass is 291 g/mol. The van der Waals surface area contributed by atoms with E-state index in [0.717, 1.165) is 29.9 Å². The number of alkyl halides is 2. The van der Waals surface area contributed by atoms with Crippen LogP contribution in [0.2, 0.25) is 0 Å². The van der Waals surface area contributed by atoms with Crippen LogP contribution in [0.15, 0.2) is 24.3 Å². The zero-order valence-electron chi connectivity index (χ0n) is 12.1. The van der Waals surface area contributed by atoms with Gasteiger partial charge < -0.3 is 10.2 Å². The van der Waals surface area contributed by atoms with Crippen molar-refractivity contribution >= 4 is 22.3 Å². The second-order valence-electron chi connectivity index (χ2n) is 5.32. The molecule has 1 saturated heterocycles. The van der Waals surface area contributed by atoms with Gasteiger partial charge in [-0.1, -0.05) is 0 Å². The van der Waals surface area contributed by atoms with E-state index >= 15 is 0 Å². The Bertz CT molecular complexity index is 637. The van der Waals surface area contributed by atoms with Gasteiger partial charge in [-0.3, -0.25) is 0 Å². The van der Waals surface area contributed by atoms with E-state index in [2.05, 4.69) is 21.3 Å². The summed E-state index contributed by atoms with van der Waals surface area (Å²) in [5, 5.41) is 4.08. The lowest BCUT2D eigenvalue weighted by Gasteiger charge is -2.19. The summed E-state index contributed by atoms with van der Waals surface area (Å²) in [5.74, 6) is 0. The highest BCUT2D eigenvalue weighted by Gasteiger charge is 2.16. The van der Waals surface area contributed by atoms with E-state index in [1.54, 1.807) is 0 Å². The summed E-state index contributed by atoms with van der Waals surface area (Å²) in [7, 11) is 0. The number of aromatic nitrogens is 1. The minimum Gasteiger partial charge on any atom is -0.385 e. The molecule has 0 atom stereocenters. The third-order valence-electron chi connectivity index (χ3n) is 3.87. The van der Waals surface area contributed by atoms with Gasteiger partial charge in [0, 0.05) is 36.4 Å². The molecule has 0 saturated carbocycles. The van der Waals surface area contributed by atoms with Crippen molar-refractivity contribution < 1.29 is 8.78 Å². The van der Waals surface area contributed by atoms with Crippen LogP contribution in [0.3, 0.4) is 0 Å². The molecule has 1 fully saturated rings. The molecule has 0 amide bonds. The van der Waals surface area contributed by atoms with E-state index in [-0.39, 0.29) is 5.69 Å². The molecule has 3 rings (SSSR count). The van der Waals surface area contributed by atoms with Crippen LogP contribution in [0.4, 0.5) is 20.2 Å². The Morgan fingerprint density at radius 3 is 2.67 bits per heavy atom. The van der Waals surface area contributed by atoms with Crippen molar-refractivity contribution in [2.24, 2.45) is 0 Å². The Kier molecular flexibility index (Phi) is 3.90. The van der Waals surface area contributed by atoms with Crippen molar-refractivity contribution in [3.63, 3.8) is 0 Å². The number of hydrogen-bond acceptors (Lipinski definition) is 3. The van der Waals surface area contributed by atoms with Gasteiger partial charge in [0.2, 0.25) is 0 Å². The van der Waals surface area contributed by atoms with Crippen LogP contribution in [-0.2, 0) is 0 Å². The van der Waals surface area contributed by atoms with E-state index in [1.807, 2.05) is 19.1 Å². The van der Waals surface area contributed by atoms with Crippen molar-refractivity contribution in [3.8, 4) is 0 Å². The molecule has 1 N–H and O–H groups in total. The first-order chi connectivity index (χ1) is 10.2.